The molecule has 168 valence electrons. The number of Topliss-reactive ketones (excluding diaryl/α,β-unsaturated/α-hetero) is 1. The van der Waals surface area contributed by atoms with E-state index in [2.05, 4.69) is 0 Å². The fourth-order valence-electron chi connectivity index (χ4n) is 4.26. The van der Waals surface area contributed by atoms with Crippen LogP contribution in [0.4, 0.5) is 5.69 Å². The van der Waals surface area contributed by atoms with Crippen LogP contribution in [0.3, 0.4) is 0 Å². The Kier molecular flexibility index (Phi) is 6.05. The lowest BCUT2D eigenvalue weighted by Crippen LogP contribution is -2.29. The van der Waals surface area contributed by atoms with E-state index in [1.54, 1.807) is 24.3 Å². The average molecular weight is 442 g/mol. The molecule has 1 atom stereocenters. The summed E-state index contributed by atoms with van der Waals surface area (Å²) in [6, 6.07) is 21.2. The van der Waals surface area contributed by atoms with Crippen molar-refractivity contribution in [2.24, 2.45) is 0 Å². The summed E-state index contributed by atoms with van der Waals surface area (Å²) in [5.74, 6) is -0.903. The molecule has 0 bridgehead atoms. The maximum Gasteiger partial charge on any atom is 0.300 e. The molecule has 1 amide bonds. The van der Waals surface area contributed by atoms with Gasteiger partial charge in [0, 0.05) is 11.3 Å². The maximum absolute atomic E-state index is 13.2. The number of ketones is 1. The number of nitrogens with zero attached hydrogens (tertiary/aromatic N) is 1. The molecule has 1 unspecified atom stereocenters. The monoisotopic (exact) mass is 441 g/mol. The number of aliphatic hydroxyl groups excluding tert-OH is 1. The Labute approximate surface area is 193 Å². The number of amides is 1. The molecule has 3 aromatic carbocycles. The van der Waals surface area contributed by atoms with Gasteiger partial charge in [-0.15, -0.1) is 0 Å². The number of carbonyl (C=O) groups is 2. The molecule has 3 aromatic rings. The van der Waals surface area contributed by atoms with Gasteiger partial charge in [0.1, 0.15) is 11.5 Å². The van der Waals surface area contributed by atoms with E-state index in [0.29, 0.717) is 17.0 Å². The number of ether oxygens (including phenoxy) is 1. The highest BCUT2D eigenvalue weighted by Gasteiger charge is 2.47. The van der Waals surface area contributed by atoms with E-state index in [1.165, 1.54) is 4.90 Å². The second kappa shape index (κ2) is 8.94. The third-order valence-electron chi connectivity index (χ3n) is 5.54. The van der Waals surface area contributed by atoms with Crippen LogP contribution < -0.4 is 9.64 Å². The summed E-state index contributed by atoms with van der Waals surface area (Å²) < 4.78 is 5.67. The van der Waals surface area contributed by atoms with Crippen molar-refractivity contribution < 1.29 is 19.4 Å². The lowest BCUT2D eigenvalue weighted by atomic mass is 9.95. The van der Waals surface area contributed by atoms with Crippen molar-refractivity contribution in [2.45, 2.75) is 39.8 Å². The minimum Gasteiger partial charge on any atom is -0.507 e. The first-order valence-corrected chi connectivity index (χ1v) is 11.0. The maximum atomic E-state index is 13.2. The predicted octanol–water partition coefficient (Wildman–Crippen LogP) is 5.72. The van der Waals surface area contributed by atoms with E-state index in [0.717, 1.165) is 16.7 Å². The first-order chi connectivity index (χ1) is 15.8. The summed E-state index contributed by atoms with van der Waals surface area (Å²) in [6.07, 6.45) is 0.0191. The molecule has 0 saturated carbocycles. The van der Waals surface area contributed by atoms with Crippen molar-refractivity contribution in [3.8, 4) is 5.75 Å². The molecule has 5 nitrogen and oxygen atoms in total. The zero-order chi connectivity index (χ0) is 23.7. The highest BCUT2D eigenvalue weighted by Crippen LogP contribution is 2.42. The van der Waals surface area contributed by atoms with Crippen molar-refractivity contribution in [1.29, 1.82) is 0 Å². The normalized spacial score (nSPS) is 17.6. The highest BCUT2D eigenvalue weighted by atomic mass is 16.5. The Balaban J connectivity index is 1.87. The van der Waals surface area contributed by atoms with Gasteiger partial charge in [-0.3, -0.25) is 14.5 Å². The lowest BCUT2D eigenvalue weighted by molar-refractivity contribution is -0.132. The molecule has 1 fully saturated rings. The van der Waals surface area contributed by atoms with Gasteiger partial charge in [-0.05, 0) is 80.8 Å². The number of hydrogen-bond donors (Lipinski definition) is 1. The number of aryl methyl sites for hydroxylation is 2. The van der Waals surface area contributed by atoms with Crippen LogP contribution in [0.1, 0.15) is 42.1 Å². The number of hydrogen-bond acceptors (Lipinski definition) is 4. The van der Waals surface area contributed by atoms with Gasteiger partial charge in [-0.2, -0.15) is 0 Å². The lowest BCUT2D eigenvalue weighted by Gasteiger charge is -2.26. The topological polar surface area (TPSA) is 66.8 Å². The molecule has 5 heteroatoms. The molecular weight excluding hydrogens is 414 g/mol. The Morgan fingerprint density at radius 1 is 0.909 bits per heavy atom. The zero-order valence-corrected chi connectivity index (χ0v) is 19.2. The predicted molar refractivity (Wildman–Crippen MR) is 129 cm³/mol. The number of carbonyl (C=O) groups excluding carboxylic acids is 2. The minimum absolute atomic E-state index is 0.0191. The van der Waals surface area contributed by atoms with Crippen molar-refractivity contribution >= 4 is 23.1 Å². The van der Waals surface area contributed by atoms with Crippen molar-refractivity contribution in [1.82, 2.24) is 0 Å². The van der Waals surface area contributed by atoms with Crippen LogP contribution in [0.15, 0.2) is 78.4 Å². The molecule has 1 aliphatic rings. The van der Waals surface area contributed by atoms with Crippen molar-refractivity contribution in [2.75, 3.05) is 4.90 Å². The molecular formula is C28H27NO4. The summed E-state index contributed by atoms with van der Waals surface area (Å²) in [4.78, 5) is 28.0. The SMILES string of the molecule is Cc1cc(C)cc(N2C(=O)C(=O)/C(=C(/O)c3ccc(OC(C)C)cc3)C2c2ccccc2)c1. The average Bonchev–Trinajstić information content (AvgIpc) is 3.04. The van der Waals surface area contributed by atoms with Gasteiger partial charge in [0.25, 0.3) is 11.7 Å². The summed E-state index contributed by atoms with van der Waals surface area (Å²) in [5.41, 5.74) is 3.87. The largest absolute Gasteiger partial charge is 0.507 e. The first-order valence-electron chi connectivity index (χ1n) is 11.0. The van der Waals surface area contributed by atoms with Crippen LogP contribution >= 0.6 is 0 Å². The summed E-state index contributed by atoms with van der Waals surface area (Å²) >= 11 is 0. The molecule has 0 aliphatic carbocycles. The summed E-state index contributed by atoms with van der Waals surface area (Å²) in [7, 11) is 0. The molecule has 33 heavy (non-hydrogen) atoms. The smallest absolute Gasteiger partial charge is 0.300 e. The van der Waals surface area contributed by atoms with Crippen LogP contribution in [0.2, 0.25) is 0 Å². The first kappa shape index (κ1) is 22.3. The Bertz CT molecular complexity index is 1210. The number of aliphatic hydroxyl groups is 1. The van der Waals surface area contributed by atoms with E-state index < -0.39 is 17.7 Å². The highest BCUT2D eigenvalue weighted by molar-refractivity contribution is 6.51. The van der Waals surface area contributed by atoms with E-state index >= 15 is 0 Å². The van der Waals surface area contributed by atoms with Gasteiger partial charge < -0.3 is 9.84 Å². The van der Waals surface area contributed by atoms with Crippen LogP contribution in [-0.2, 0) is 9.59 Å². The third-order valence-corrected chi connectivity index (χ3v) is 5.54. The second-order valence-corrected chi connectivity index (χ2v) is 8.62. The van der Waals surface area contributed by atoms with Gasteiger partial charge >= 0.3 is 0 Å². The molecule has 1 saturated heterocycles. The summed E-state index contributed by atoms with van der Waals surface area (Å²) in [5, 5.41) is 11.2. The van der Waals surface area contributed by atoms with Crippen LogP contribution in [0.25, 0.3) is 5.76 Å². The fraction of sp³-hybridized carbons (Fsp3) is 0.214. The molecule has 0 spiro atoms. The third kappa shape index (κ3) is 4.40. The number of anilines is 1. The van der Waals surface area contributed by atoms with Crippen molar-refractivity contribution in [3.63, 3.8) is 0 Å². The Hall–Kier alpha value is -3.86. The zero-order valence-electron chi connectivity index (χ0n) is 19.2. The van der Waals surface area contributed by atoms with Gasteiger partial charge in [-0.25, -0.2) is 0 Å². The molecule has 1 N–H and O–H groups in total. The Morgan fingerprint density at radius 3 is 2.09 bits per heavy atom. The van der Waals surface area contributed by atoms with Crippen molar-refractivity contribution in [3.05, 3.63) is 101 Å². The molecule has 0 aromatic heterocycles. The minimum atomic E-state index is -0.737. The Morgan fingerprint density at radius 2 is 1.52 bits per heavy atom. The van der Waals surface area contributed by atoms with Gasteiger partial charge in [0.2, 0.25) is 0 Å². The van der Waals surface area contributed by atoms with Crippen LogP contribution in [0, 0.1) is 13.8 Å². The van der Waals surface area contributed by atoms with Gasteiger partial charge in [0.15, 0.2) is 0 Å². The summed E-state index contributed by atoms with van der Waals surface area (Å²) in [6.45, 7) is 7.77. The van der Waals surface area contributed by atoms with E-state index in [4.69, 9.17) is 4.74 Å². The van der Waals surface area contributed by atoms with E-state index in [1.807, 2.05) is 76.2 Å². The van der Waals surface area contributed by atoms with Crippen LogP contribution in [0.5, 0.6) is 5.75 Å². The quantitative estimate of drug-likeness (QED) is 0.313. The van der Waals surface area contributed by atoms with Gasteiger partial charge in [-0.1, -0.05) is 36.4 Å². The van der Waals surface area contributed by atoms with E-state index in [9.17, 15) is 14.7 Å². The van der Waals surface area contributed by atoms with Crippen LogP contribution in [-0.4, -0.2) is 22.9 Å². The standard InChI is InChI=1S/C28H27NO4/c1-17(2)33-23-12-10-21(11-13-23)26(30)24-25(20-8-6-5-7-9-20)29(28(32)27(24)31)22-15-18(3)14-19(4)16-22/h5-17,25,30H,1-4H3/b26-24+. The molecule has 0 radical (unpaired) electrons. The van der Waals surface area contributed by atoms with E-state index in [-0.39, 0.29) is 17.4 Å². The number of benzene rings is 3. The fourth-order valence-corrected chi connectivity index (χ4v) is 4.26. The van der Waals surface area contributed by atoms with Gasteiger partial charge in [0.05, 0.1) is 17.7 Å². The second-order valence-electron chi connectivity index (χ2n) is 8.62. The number of rotatable bonds is 5. The molecule has 4 rings (SSSR count). The molecule has 1 heterocycles. The molecule has 1 aliphatic heterocycles.